The van der Waals surface area contributed by atoms with Crippen molar-refractivity contribution in [3.8, 4) is 11.4 Å². The molecule has 0 fully saturated rings. The lowest BCUT2D eigenvalue weighted by atomic mass is 10.2. The summed E-state index contributed by atoms with van der Waals surface area (Å²) in [5.41, 5.74) is 3.30. The van der Waals surface area contributed by atoms with Crippen molar-refractivity contribution >= 4 is 21.7 Å². The molecule has 0 aliphatic rings. The summed E-state index contributed by atoms with van der Waals surface area (Å²) in [7, 11) is -1.53. The maximum absolute atomic E-state index is 12.2. The lowest BCUT2D eigenvalue weighted by Gasteiger charge is -2.09. The number of anilines is 2. The van der Waals surface area contributed by atoms with Gasteiger partial charge < -0.3 is 9.88 Å². The number of rotatable bonds is 7. The third kappa shape index (κ3) is 4.20. The highest BCUT2D eigenvalue weighted by Gasteiger charge is 2.14. The van der Waals surface area contributed by atoms with E-state index in [1.807, 2.05) is 38.5 Å². The van der Waals surface area contributed by atoms with Gasteiger partial charge in [0.25, 0.3) is 0 Å². The Morgan fingerprint density at radius 1 is 1.07 bits per heavy atom. The third-order valence-corrected chi connectivity index (χ3v) is 5.83. The molecule has 0 saturated heterocycles. The maximum atomic E-state index is 12.2. The Labute approximate surface area is 165 Å². The summed E-state index contributed by atoms with van der Waals surface area (Å²) in [6.45, 7) is 6.22. The van der Waals surface area contributed by atoms with Crippen LogP contribution >= 0.6 is 0 Å². The summed E-state index contributed by atoms with van der Waals surface area (Å²) in [6, 6.07) is 8.33. The van der Waals surface area contributed by atoms with Gasteiger partial charge in [-0.15, -0.1) is 0 Å². The average Bonchev–Trinajstić information content (AvgIpc) is 2.92. The van der Waals surface area contributed by atoms with Gasteiger partial charge in [-0.25, -0.2) is 28.1 Å². The van der Waals surface area contributed by atoms with Gasteiger partial charge in [0.05, 0.1) is 22.0 Å². The van der Waals surface area contributed by atoms with Crippen LogP contribution in [0, 0.1) is 13.8 Å². The van der Waals surface area contributed by atoms with Gasteiger partial charge in [0.1, 0.15) is 5.82 Å². The van der Waals surface area contributed by atoms with E-state index in [4.69, 9.17) is 0 Å². The zero-order valence-electron chi connectivity index (χ0n) is 16.4. The number of hydrogen-bond acceptors (Lipinski definition) is 6. The molecule has 0 amide bonds. The zero-order valence-corrected chi connectivity index (χ0v) is 17.2. The van der Waals surface area contributed by atoms with Crippen molar-refractivity contribution in [3.63, 3.8) is 0 Å². The lowest BCUT2D eigenvalue weighted by molar-refractivity contribution is 0.581. The SMILES string of the molecule is CCCNS(=O)(=O)c1ccc(Nc2nccc(-c3c(C)nc(C)n3C)n2)cc1. The smallest absolute Gasteiger partial charge is 0.240 e. The van der Waals surface area contributed by atoms with Crippen LogP contribution in [-0.2, 0) is 17.1 Å². The molecule has 0 bridgehead atoms. The number of sulfonamides is 1. The van der Waals surface area contributed by atoms with Gasteiger partial charge in [-0.2, -0.15) is 0 Å². The minimum Gasteiger partial charge on any atom is -0.330 e. The van der Waals surface area contributed by atoms with Crippen molar-refractivity contribution < 1.29 is 8.42 Å². The van der Waals surface area contributed by atoms with Gasteiger partial charge in [0, 0.05) is 25.5 Å². The molecule has 1 aromatic carbocycles. The molecule has 0 unspecified atom stereocenters. The van der Waals surface area contributed by atoms with Crippen LogP contribution in [0.25, 0.3) is 11.4 Å². The molecule has 3 aromatic rings. The minimum absolute atomic E-state index is 0.224. The molecule has 28 heavy (non-hydrogen) atoms. The lowest BCUT2D eigenvalue weighted by Crippen LogP contribution is -2.24. The highest BCUT2D eigenvalue weighted by Crippen LogP contribution is 2.23. The van der Waals surface area contributed by atoms with Crippen molar-refractivity contribution in [2.45, 2.75) is 32.1 Å². The average molecular weight is 401 g/mol. The zero-order chi connectivity index (χ0) is 20.3. The van der Waals surface area contributed by atoms with Gasteiger partial charge in [-0.1, -0.05) is 6.92 Å². The van der Waals surface area contributed by atoms with Crippen LogP contribution in [0.1, 0.15) is 24.9 Å². The van der Waals surface area contributed by atoms with Crippen molar-refractivity contribution in [2.24, 2.45) is 7.05 Å². The quantitative estimate of drug-likeness (QED) is 0.632. The van der Waals surface area contributed by atoms with E-state index in [1.165, 1.54) is 0 Å². The first-order valence-electron chi connectivity index (χ1n) is 9.02. The highest BCUT2D eigenvalue weighted by molar-refractivity contribution is 7.89. The molecule has 2 aromatic heterocycles. The van der Waals surface area contributed by atoms with E-state index in [1.54, 1.807) is 30.5 Å². The standard InChI is InChI=1S/C19H24N6O2S/c1-5-11-21-28(26,27)16-8-6-15(7-9-16)23-19-20-12-10-17(24-19)18-13(2)22-14(3)25(18)4/h6-10,12,21H,5,11H2,1-4H3,(H,20,23,24). The molecule has 0 saturated carbocycles. The van der Waals surface area contributed by atoms with Crippen LogP contribution in [0.5, 0.6) is 0 Å². The van der Waals surface area contributed by atoms with E-state index >= 15 is 0 Å². The molecule has 3 rings (SSSR count). The van der Waals surface area contributed by atoms with Crippen LogP contribution in [-0.4, -0.2) is 34.5 Å². The first-order valence-corrected chi connectivity index (χ1v) is 10.5. The van der Waals surface area contributed by atoms with Crippen LogP contribution in [0.4, 0.5) is 11.6 Å². The van der Waals surface area contributed by atoms with Crippen LogP contribution < -0.4 is 10.0 Å². The minimum atomic E-state index is -3.48. The summed E-state index contributed by atoms with van der Waals surface area (Å²) in [5, 5.41) is 3.11. The van der Waals surface area contributed by atoms with E-state index in [2.05, 4.69) is 25.0 Å². The maximum Gasteiger partial charge on any atom is 0.240 e. The fraction of sp³-hybridized carbons (Fsp3) is 0.316. The van der Waals surface area contributed by atoms with Crippen LogP contribution in [0.3, 0.4) is 0 Å². The number of benzene rings is 1. The van der Waals surface area contributed by atoms with Gasteiger partial charge in [-0.05, 0) is 50.6 Å². The Balaban J connectivity index is 1.81. The first-order chi connectivity index (χ1) is 13.3. The van der Waals surface area contributed by atoms with Crippen LogP contribution in [0.15, 0.2) is 41.4 Å². The van der Waals surface area contributed by atoms with Crippen molar-refractivity contribution in [1.29, 1.82) is 0 Å². The molecule has 0 radical (unpaired) electrons. The Morgan fingerprint density at radius 2 is 1.79 bits per heavy atom. The van der Waals surface area contributed by atoms with Crippen molar-refractivity contribution in [1.82, 2.24) is 24.2 Å². The van der Waals surface area contributed by atoms with E-state index in [0.29, 0.717) is 18.2 Å². The number of nitrogens with one attached hydrogen (secondary N) is 2. The molecule has 148 valence electrons. The Hall–Kier alpha value is -2.78. The molecule has 9 heteroatoms. The second kappa shape index (κ2) is 8.07. The molecular weight excluding hydrogens is 376 g/mol. The molecule has 2 N–H and O–H groups in total. The van der Waals surface area contributed by atoms with Gasteiger partial charge >= 0.3 is 0 Å². The Kier molecular flexibility index (Phi) is 5.76. The van der Waals surface area contributed by atoms with Crippen molar-refractivity contribution in [3.05, 3.63) is 48.0 Å². The van der Waals surface area contributed by atoms with Crippen molar-refractivity contribution in [2.75, 3.05) is 11.9 Å². The Bertz CT molecular complexity index is 1070. The van der Waals surface area contributed by atoms with E-state index in [0.717, 1.165) is 29.3 Å². The predicted molar refractivity (Wildman–Crippen MR) is 109 cm³/mol. The van der Waals surface area contributed by atoms with Crippen LogP contribution in [0.2, 0.25) is 0 Å². The normalized spacial score (nSPS) is 11.6. The van der Waals surface area contributed by atoms with Gasteiger partial charge in [0.2, 0.25) is 16.0 Å². The molecular formula is C19H24N6O2S. The molecule has 0 spiro atoms. The number of aryl methyl sites for hydroxylation is 2. The van der Waals surface area contributed by atoms with Gasteiger partial charge in [0.15, 0.2) is 0 Å². The summed E-state index contributed by atoms with van der Waals surface area (Å²) < 4.78 is 28.9. The molecule has 8 nitrogen and oxygen atoms in total. The van der Waals surface area contributed by atoms with E-state index in [-0.39, 0.29) is 4.90 Å². The number of imidazole rings is 1. The monoisotopic (exact) mass is 400 g/mol. The highest BCUT2D eigenvalue weighted by atomic mass is 32.2. The molecule has 0 aliphatic heterocycles. The van der Waals surface area contributed by atoms with Gasteiger partial charge in [-0.3, -0.25) is 0 Å². The topological polar surface area (TPSA) is 102 Å². The summed E-state index contributed by atoms with van der Waals surface area (Å²) >= 11 is 0. The third-order valence-electron chi connectivity index (χ3n) is 4.35. The fourth-order valence-electron chi connectivity index (χ4n) is 2.85. The largest absolute Gasteiger partial charge is 0.330 e. The first kappa shape index (κ1) is 20.0. The molecule has 0 atom stereocenters. The fourth-order valence-corrected chi connectivity index (χ4v) is 3.98. The molecule has 2 heterocycles. The number of aromatic nitrogens is 4. The van der Waals surface area contributed by atoms with E-state index < -0.39 is 10.0 Å². The van der Waals surface area contributed by atoms with E-state index in [9.17, 15) is 8.42 Å². The number of nitrogens with zero attached hydrogens (tertiary/aromatic N) is 4. The second-order valence-corrected chi connectivity index (χ2v) is 8.23. The summed E-state index contributed by atoms with van der Waals surface area (Å²) in [6.07, 6.45) is 2.42. The second-order valence-electron chi connectivity index (χ2n) is 6.46. The Morgan fingerprint density at radius 3 is 2.39 bits per heavy atom. The molecule has 0 aliphatic carbocycles. The summed E-state index contributed by atoms with van der Waals surface area (Å²) in [4.78, 5) is 13.5. The summed E-state index contributed by atoms with van der Waals surface area (Å²) in [5.74, 6) is 1.34. The number of hydrogen-bond donors (Lipinski definition) is 2. The predicted octanol–water partition coefficient (Wildman–Crippen LogP) is 2.93.